The fraction of sp³-hybridized carbons (Fsp3) is 0.600. The molecule has 1 aromatic rings. The van der Waals surface area contributed by atoms with Crippen LogP contribution >= 0.6 is 0 Å². The maximum absolute atomic E-state index is 11.8. The Labute approximate surface area is 126 Å². The molecule has 0 aliphatic carbocycles. The molecule has 0 spiro atoms. The lowest BCUT2D eigenvalue weighted by Crippen LogP contribution is -2.38. The van der Waals surface area contributed by atoms with Crippen LogP contribution < -0.4 is 15.4 Å². The van der Waals surface area contributed by atoms with Crippen LogP contribution in [0.15, 0.2) is 12.1 Å². The van der Waals surface area contributed by atoms with E-state index >= 15 is 0 Å². The van der Waals surface area contributed by atoms with Crippen LogP contribution in [0.2, 0.25) is 0 Å². The zero-order chi connectivity index (χ0) is 15.7. The Morgan fingerprint density at radius 2 is 2.19 bits per heavy atom. The molecular formula is C15H25N3O3. The molecule has 0 aromatic carbocycles. The van der Waals surface area contributed by atoms with Gasteiger partial charge in [-0.25, -0.2) is 0 Å². The lowest BCUT2D eigenvalue weighted by Gasteiger charge is -2.14. The van der Waals surface area contributed by atoms with Gasteiger partial charge in [-0.2, -0.15) is 0 Å². The van der Waals surface area contributed by atoms with Gasteiger partial charge >= 0.3 is 0 Å². The largest absolute Gasteiger partial charge is 0.482 e. The molecule has 0 aliphatic heterocycles. The summed E-state index contributed by atoms with van der Waals surface area (Å²) in [6, 6.07) is 3.68. The molecule has 6 heteroatoms. The molecule has 0 aliphatic rings. The van der Waals surface area contributed by atoms with Gasteiger partial charge in [-0.05, 0) is 32.5 Å². The highest BCUT2D eigenvalue weighted by Gasteiger charge is 2.10. The maximum atomic E-state index is 11.8. The number of aryl methyl sites for hydroxylation is 1. The van der Waals surface area contributed by atoms with E-state index < -0.39 is 0 Å². The zero-order valence-electron chi connectivity index (χ0n) is 13.2. The van der Waals surface area contributed by atoms with E-state index in [-0.39, 0.29) is 18.6 Å². The first-order valence-electron chi connectivity index (χ1n) is 7.15. The monoisotopic (exact) mass is 295 g/mol. The minimum absolute atomic E-state index is 0.0298. The van der Waals surface area contributed by atoms with Gasteiger partial charge in [0.2, 0.25) is 0 Å². The van der Waals surface area contributed by atoms with Crippen molar-refractivity contribution >= 4 is 5.91 Å². The summed E-state index contributed by atoms with van der Waals surface area (Å²) in [5, 5.41) is 6.01. The number of hydrogen-bond donors (Lipinski definition) is 2. The van der Waals surface area contributed by atoms with E-state index in [1.54, 1.807) is 7.11 Å². The average molecular weight is 295 g/mol. The third-order valence-electron chi connectivity index (χ3n) is 2.80. The molecule has 6 nitrogen and oxygen atoms in total. The maximum Gasteiger partial charge on any atom is 0.258 e. The number of pyridine rings is 1. The molecule has 1 aromatic heterocycles. The number of hydrogen-bond acceptors (Lipinski definition) is 5. The van der Waals surface area contributed by atoms with Gasteiger partial charge in [0.1, 0.15) is 5.75 Å². The lowest BCUT2D eigenvalue weighted by atomic mass is 10.3. The van der Waals surface area contributed by atoms with Gasteiger partial charge in [0.05, 0.1) is 12.3 Å². The fourth-order valence-electron chi connectivity index (χ4n) is 1.85. The third-order valence-corrected chi connectivity index (χ3v) is 2.80. The van der Waals surface area contributed by atoms with Gasteiger partial charge in [0, 0.05) is 25.4 Å². The van der Waals surface area contributed by atoms with Gasteiger partial charge < -0.3 is 20.1 Å². The normalized spacial score (nSPS) is 12.0. The highest BCUT2D eigenvalue weighted by molar-refractivity contribution is 5.77. The number of rotatable bonds is 9. The van der Waals surface area contributed by atoms with Crippen molar-refractivity contribution in [3.8, 4) is 5.75 Å². The van der Waals surface area contributed by atoms with Crippen molar-refractivity contribution in [2.75, 3.05) is 26.9 Å². The predicted octanol–water partition coefficient (Wildman–Crippen LogP) is 1.03. The quantitative estimate of drug-likeness (QED) is 0.712. The second-order valence-electron chi connectivity index (χ2n) is 4.89. The molecule has 1 amide bonds. The summed E-state index contributed by atoms with van der Waals surface area (Å²) in [5.41, 5.74) is 1.74. The first-order valence-corrected chi connectivity index (χ1v) is 7.15. The Morgan fingerprint density at radius 1 is 1.43 bits per heavy atom. The number of nitrogens with zero attached hydrogens (tertiary/aromatic N) is 1. The third kappa shape index (κ3) is 6.55. The molecule has 1 rings (SSSR count). The summed E-state index contributed by atoms with van der Waals surface area (Å²) in [6.07, 6.45) is 0. The van der Waals surface area contributed by atoms with E-state index in [0.29, 0.717) is 18.9 Å². The first-order chi connectivity index (χ1) is 10.1. The smallest absolute Gasteiger partial charge is 0.258 e. The Bertz CT molecular complexity index is 452. The predicted molar refractivity (Wildman–Crippen MR) is 81.3 cm³/mol. The van der Waals surface area contributed by atoms with Gasteiger partial charge in [0.25, 0.3) is 5.91 Å². The van der Waals surface area contributed by atoms with Crippen LogP contribution in [0.3, 0.4) is 0 Å². The van der Waals surface area contributed by atoms with Crippen LogP contribution in [0.25, 0.3) is 0 Å². The van der Waals surface area contributed by atoms with Crippen molar-refractivity contribution < 1.29 is 14.3 Å². The van der Waals surface area contributed by atoms with Crippen LogP contribution in [0.4, 0.5) is 0 Å². The van der Waals surface area contributed by atoms with Crippen LogP contribution in [0.1, 0.15) is 25.2 Å². The SMILES string of the molecule is CCNCc1nc(C)ccc1OCC(=O)NC(C)COC. The van der Waals surface area contributed by atoms with Crippen LogP contribution in [-0.4, -0.2) is 43.8 Å². The number of amides is 1. The van der Waals surface area contributed by atoms with Gasteiger partial charge in [0.15, 0.2) is 6.61 Å². The fourth-order valence-corrected chi connectivity index (χ4v) is 1.85. The van der Waals surface area contributed by atoms with Crippen molar-refractivity contribution in [1.82, 2.24) is 15.6 Å². The molecule has 0 fully saturated rings. The topological polar surface area (TPSA) is 72.5 Å². The van der Waals surface area contributed by atoms with Crippen LogP contribution in [0.5, 0.6) is 5.75 Å². The Kier molecular flexibility index (Phi) is 7.71. The summed E-state index contributed by atoms with van der Waals surface area (Å²) in [7, 11) is 1.60. The van der Waals surface area contributed by atoms with Gasteiger partial charge in [-0.3, -0.25) is 9.78 Å². The lowest BCUT2D eigenvalue weighted by molar-refractivity contribution is -0.124. The average Bonchev–Trinajstić information content (AvgIpc) is 2.44. The summed E-state index contributed by atoms with van der Waals surface area (Å²) < 4.78 is 10.5. The Morgan fingerprint density at radius 3 is 2.86 bits per heavy atom. The minimum Gasteiger partial charge on any atom is -0.482 e. The highest BCUT2D eigenvalue weighted by Crippen LogP contribution is 2.16. The van der Waals surface area contributed by atoms with Crippen molar-refractivity contribution in [3.63, 3.8) is 0 Å². The molecule has 118 valence electrons. The van der Waals surface area contributed by atoms with Gasteiger partial charge in [-0.1, -0.05) is 6.92 Å². The van der Waals surface area contributed by atoms with Crippen molar-refractivity contribution in [2.45, 2.75) is 33.4 Å². The minimum atomic E-state index is -0.172. The number of aromatic nitrogens is 1. The van der Waals surface area contributed by atoms with E-state index in [0.717, 1.165) is 17.9 Å². The van der Waals surface area contributed by atoms with E-state index in [2.05, 4.69) is 15.6 Å². The number of methoxy groups -OCH3 is 1. The van der Waals surface area contributed by atoms with Gasteiger partial charge in [-0.15, -0.1) is 0 Å². The van der Waals surface area contributed by atoms with Crippen molar-refractivity contribution in [1.29, 1.82) is 0 Å². The second-order valence-corrected chi connectivity index (χ2v) is 4.89. The number of ether oxygens (including phenoxy) is 2. The summed E-state index contributed by atoms with van der Waals surface area (Å²) in [6.45, 7) is 7.76. The standard InChI is InChI=1S/C15H25N3O3/c1-5-16-8-13-14(7-6-11(2)17-13)21-10-15(19)18-12(3)9-20-4/h6-7,12,16H,5,8-10H2,1-4H3,(H,18,19). The molecule has 21 heavy (non-hydrogen) atoms. The van der Waals surface area contributed by atoms with E-state index in [1.807, 2.05) is 32.9 Å². The Balaban J connectivity index is 2.55. The highest BCUT2D eigenvalue weighted by atomic mass is 16.5. The molecule has 0 saturated carbocycles. The molecule has 1 atom stereocenters. The molecule has 2 N–H and O–H groups in total. The van der Waals surface area contributed by atoms with E-state index in [1.165, 1.54) is 0 Å². The Hall–Kier alpha value is -1.66. The molecule has 1 unspecified atom stereocenters. The summed E-state index contributed by atoms with van der Waals surface area (Å²) in [5.74, 6) is 0.464. The van der Waals surface area contributed by atoms with Crippen molar-refractivity contribution in [3.05, 3.63) is 23.5 Å². The molecule has 1 heterocycles. The molecule has 0 saturated heterocycles. The number of carbonyl (C=O) groups excluding carboxylic acids is 1. The second kappa shape index (κ2) is 9.31. The summed E-state index contributed by atoms with van der Waals surface area (Å²) in [4.78, 5) is 16.2. The zero-order valence-corrected chi connectivity index (χ0v) is 13.2. The van der Waals surface area contributed by atoms with Crippen LogP contribution in [-0.2, 0) is 16.1 Å². The van der Waals surface area contributed by atoms with Crippen molar-refractivity contribution in [2.24, 2.45) is 0 Å². The van der Waals surface area contributed by atoms with E-state index in [4.69, 9.17) is 9.47 Å². The first kappa shape index (κ1) is 17.4. The van der Waals surface area contributed by atoms with E-state index in [9.17, 15) is 4.79 Å². The number of nitrogens with one attached hydrogen (secondary N) is 2. The number of carbonyl (C=O) groups is 1. The molecule has 0 radical (unpaired) electrons. The summed E-state index contributed by atoms with van der Waals surface area (Å²) >= 11 is 0. The van der Waals surface area contributed by atoms with Crippen LogP contribution in [0, 0.1) is 6.92 Å². The molecular weight excluding hydrogens is 270 g/mol. The molecule has 0 bridgehead atoms.